The highest BCUT2D eigenvalue weighted by Gasteiger charge is 2.19. The third kappa shape index (κ3) is 2.66. The van der Waals surface area contributed by atoms with E-state index in [0.717, 1.165) is 0 Å². The van der Waals surface area contributed by atoms with Crippen molar-refractivity contribution in [1.29, 1.82) is 0 Å². The summed E-state index contributed by atoms with van der Waals surface area (Å²) in [6, 6.07) is 16.7. The summed E-state index contributed by atoms with van der Waals surface area (Å²) in [6.45, 7) is 0. The van der Waals surface area contributed by atoms with Crippen LogP contribution < -0.4 is 0 Å². The van der Waals surface area contributed by atoms with Gasteiger partial charge >= 0.3 is 0 Å². The highest BCUT2D eigenvalue weighted by atomic mass is 32.2. The van der Waals surface area contributed by atoms with Crippen molar-refractivity contribution in [3.05, 3.63) is 66.7 Å². The van der Waals surface area contributed by atoms with Crippen LogP contribution >= 0.6 is 0 Å². The number of hydrogen-bond acceptors (Lipinski definition) is 6. The van der Waals surface area contributed by atoms with Gasteiger partial charge in [0.1, 0.15) is 28.2 Å². The lowest BCUT2D eigenvalue weighted by atomic mass is 10.3. The molecule has 0 atom stereocenters. The maximum Gasteiger partial charge on any atom is 0.206 e. The molecule has 0 aliphatic carbocycles. The summed E-state index contributed by atoms with van der Waals surface area (Å²) < 4.78 is 25.4. The van der Waals surface area contributed by atoms with Gasteiger partial charge in [0.05, 0.1) is 9.79 Å². The minimum Gasteiger partial charge on any atom is -0.508 e. The minimum absolute atomic E-state index is 0.0841. The van der Waals surface area contributed by atoms with Gasteiger partial charge in [-0.3, -0.25) is 0 Å². The Labute approximate surface area is 148 Å². The molecule has 0 spiro atoms. The fourth-order valence-corrected chi connectivity index (χ4v) is 3.89. The van der Waals surface area contributed by atoms with Gasteiger partial charge in [0.2, 0.25) is 9.84 Å². The molecule has 0 saturated heterocycles. The first kappa shape index (κ1) is 16.1. The van der Waals surface area contributed by atoms with Gasteiger partial charge in [0.15, 0.2) is 0 Å². The number of hydrogen-bond donors (Lipinski definition) is 2. The Balaban J connectivity index is 1.82. The van der Waals surface area contributed by atoms with Crippen LogP contribution in [0, 0.1) is 0 Å². The van der Waals surface area contributed by atoms with E-state index in [1.165, 1.54) is 47.3 Å². The molecule has 0 bridgehead atoms. The molecule has 3 aromatic carbocycles. The Kier molecular flexibility index (Phi) is 3.62. The van der Waals surface area contributed by atoms with Crippen molar-refractivity contribution in [2.24, 2.45) is 0 Å². The van der Waals surface area contributed by atoms with E-state index in [2.05, 4.69) is 10.2 Å². The SMILES string of the molecule is O=S(=O)(c1ccccc1)c1ccc2nn(-c3ccc(O)cc3O)nc2c1. The molecule has 130 valence electrons. The summed E-state index contributed by atoms with van der Waals surface area (Å²) in [5, 5.41) is 27.8. The molecule has 0 amide bonds. The topological polar surface area (TPSA) is 105 Å². The standard InChI is InChI=1S/C18H13N3O4S/c22-12-6-9-17(18(23)10-12)21-19-15-8-7-14(11-16(15)20-21)26(24,25)13-4-2-1-3-5-13/h1-11,22-23H. The Hall–Kier alpha value is -3.39. The molecule has 4 aromatic rings. The highest BCUT2D eigenvalue weighted by molar-refractivity contribution is 7.91. The molecule has 0 aliphatic heterocycles. The van der Waals surface area contributed by atoms with Crippen LogP contribution in [0.2, 0.25) is 0 Å². The highest BCUT2D eigenvalue weighted by Crippen LogP contribution is 2.27. The Morgan fingerprint density at radius 1 is 0.769 bits per heavy atom. The summed E-state index contributed by atoms with van der Waals surface area (Å²) in [4.78, 5) is 1.50. The van der Waals surface area contributed by atoms with Gasteiger partial charge in [-0.25, -0.2) is 8.42 Å². The van der Waals surface area contributed by atoms with Gasteiger partial charge in [-0.1, -0.05) is 18.2 Å². The lowest BCUT2D eigenvalue weighted by Crippen LogP contribution is -2.01. The molecule has 8 heteroatoms. The van der Waals surface area contributed by atoms with E-state index in [1.54, 1.807) is 24.3 Å². The fraction of sp³-hybridized carbons (Fsp3) is 0. The Morgan fingerprint density at radius 3 is 2.23 bits per heavy atom. The summed E-state index contributed by atoms with van der Waals surface area (Å²) in [5.41, 5.74) is 1.12. The number of nitrogens with zero attached hydrogens (tertiary/aromatic N) is 3. The Bertz CT molecular complexity index is 1220. The lowest BCUT2D eigenvalue weighted by molar-refractivity contribution is 0.446. The van der Waals surface area contributed by atoms with Gasteiger partial charge in [-0.15, -0.1) is 15.0 Å². The van der Waals surface area contributed by atoms with E-state index in [-0.39, 0.29) is 27.0 Å². The molecule has 0 radical (unpaired) electrons. The van der Waals surface area contributed by atoms with Gasteiger partial charge < -0.3 is 10.2 Å². The number of benzene rings is 3. The molecule has 4 rings (SSSR count). The predicted molar refractivity (Wildman–Crippen MR) is 94.1 cm³/mol. The Morgan fingerprint density at radius 2 is 1.50 bits per heavy atom. The van der Waals surface area contributed by atoms with E-state index in [9.17, 15) is 18.6 Å². The maximum atomic E-state index is 12.7. The fourth-order valence-electron chi connectivity index (χ4n) is 2.59. The van der Waals surface area contributed by atoms with Crippen LogP contribution in [0.4, 0.5) is 0 Å². The van der Waals surface area contributed by atoms with Crippen molar-refractivity contribution in [2.45, 2.75) is 9.79 Å². The number of fused-ring (bicyclic) bond motifs is 1. The van der Waals surface area contributed by atoms with Crippen LogP contribution in [0.15, 0.2) is 76.5 Å². The molecule has 0 unspecified atom stereocenters. The van der Waals surface area contributed by atoms with E-state index < -0.39 is 9.84 Å². The molecule has 1 aromatic heterocycles. The van der Waals surface area contributed by atoms with E-state index in [0.29, 0.717) is 11.0 Å². The first-order chi connectivity index (χ1) is 12.4. The summed E-state index contributed by atoms with van der Waals surface area (Å²) in [6.07, 6.45) is 0. The largest absolute Gasteiger partial charge is 0.508 e. The first-order valence-corrected chi connectivity index (χ1v) is 9.13. The second-order valence-electron chi connectivity index (χ2n) is 5.63. The molecular weight excluding hydrogens is 354 g/mol. The third-order valence-corrected chi connectivity index (χ3v) is 5.66. The van der Waals surface area contributed by atoms with Gasteiger partial charge in [-0.2, -0.15) is 0 Å². The average Bonchev–Trinajstić information content (AvgIpc) is 3.05. The van der Waals surface area contributed by atoms with Crippen LogP contribution in [0.25, 0.3) is 16.7 Å². The van der Waals surface area contributed by atoms with E-state index >= 15 is 0 Å². The second-order valence-corrected chi connectivity index (χ2v) is 7.58. The number of aromatic nitrogens is 3. The molecule has 0 fully saturated rings. The first-order valence-electron chi connectivity index (χ1n) is 7.65. The van der Waals surface area contributed by atoms with Crippen molar-refractivity contribution in [3.8, 4) is 17.2 Å². The van der Waals surface area contributed by atoms with Gasteiger partial charge in [-0.05, 0) is 42.5 Å². The number of aromatic hydroxyl groups is 2. The molecule has 26 heavy (non-hydrogen) atoms. The van der Waals surface area contributed by atoms with Gasteiger partial charge in [0.25, 0.3) is 0 Å². The van der Waals surface area contributed by atoms with E-state index in [4.69, 9.17) is 0 Å². The zero-order valence-corrected chi connectivity index (χ0v) is 14.1. The van der Waals surface area contributed by atoms with Crippen molar-refractivity contribution < 1.29 is 18.6 Å². The van der Waals surface area contributed by atoms with E-state index in [1.807, 2.05) is 0 Å². The predicted octanol–water partition coefficient (Wildman–Crippen LogP) is 2.66. The maximum absolute atomic E-state index is 12.7. The van der Waals surface area contributed by atoms with Crippen molar-refractivity contribution in [3.63, 3.8) is 0 Å². The van der Waals surface area contributed by atoms with Gasteiger partial charge in [0, 0.05) is 6.07 Å². The van der Waals surface area contributed by atoms with Crippen LogP contribution in [-0.4, -0.2) is 33.6 Å². The molecular formula is C18H13N3O4S. The third-order valence-electron chi connectivity index (χ3n) is 3.89. The summed E-state index contributed by atoms with van der Waals surface area (Å²) in [7, 11) is -3.66. The monoisotopic (exact) mass is 367 g/mol. The zero-order chi connectivity index (χ0) is 18.3. The zero-order valence-electron chi connectivity index (χ0n) is 13.3. The number of rotatable bonds is 3. The second kappa shape index (κ2) is 5.85. The van der Waals surface area contributed by atoms with Crippen molar-refractivity contribution >= 4 is 20.9 Å². The quantitative estimate of drug-likeness (QED) is 0.577. The number of phenols is 2. The number of phenolic OH excluding ortho intramolecular Hbond substituents is 2. The normalized spacial score (nSPS) is 11.7. The van der Waals surface area contributed by atoms with Crippen molar-refractivity contribution in [2.75, 3.05) is 0 Å². The molecule has 2 N–H and O–H groups in total. The average molecular weight is 367 g/mol. The number of sulfone groups is 1. The lowest BCUT2D eigenvalue weighted by Gasteiger charge is -2.03. The molecule has 1 heterocycles. The minimum atomic E-state index is -3.66. The molecule has 7 nitrogen and oxygen atoms in total. The van der Waals surface area contributed by atoms with Crippen LogP contribution in [0.3, 0.4) is 0 Å². The van der Waals surface area contributed by atoms with Crippen LogP contribution in [-0.2, 0) is 9.84 Å². The van der Waals surface area contributed by atoms with Crippen LogP contribution in [0.5, 0.6) is 11.5 Å². The smallest absolute Gasteiger partial charge is 0.206 e. The van der Waals surface area contributed by atoms with Crippen molar-refractivity contribution in [1.82, 2.24) is 15.0 Å². The summed E-state index contributed by atoms with van der Waals surface area (Å²) in [5.74, 6) is -0.276. The summed E-state index contributed by atoms with van der Waals surface area (Å²) >= 11 is 0. The molecule has 0 saturated carbocycles. The van der Waals surface area contributed by atoms with Crippen LogP contribution in [0.1, 0.15) is 0 Å². The molecule has 0 aliphatic rings.